The quantitative estimate of drug-likeness (QED) is 0.422. The van der Waals surface area contributed by atoms with E-state index in [0.29, 0.717) is 24.6 Å². The Hall–Kier alpha value is -2.56. The van der Waals surface area contributed by atoms with Gasteiger partial charge in [-0.15, -0.1) is 0 Å². The smallest absolute Gasteiger partial charge is 0.139 e. The molecule has 22 heavy (non-hydrogen) atoms. The largest absolute Gasteiger partial charge is 0.489 e. The predicted molar refractivity (Wildman–Crippen MR) is 85.1 cm³/mol. The van der Waals surface area contributed by atoms with Crippen LogP contribution in [0.15, 0.2) is 58.4 Å². The lowest BCUT2D eigenvalue weighted by Gasteiger charge is -2.08. The summed E-state index contributed by atoms with van der Waals surface area (Å²) in [6, 6.07) is 9.35. The van der Waals surface area contributed by atoms with Gasteiger partial charge in [0.2, 0.25) is 0 Å². The lowest BCUT2D eigenvalue weighted by molar-refractivity contribution is 0.159. The van der Waals surface area contributed by atoms with Gasteiger partial charge in [0.05, 0.1) is 0 Å². The number of benzene rings is 1. The molecule has 0 saturated carbocycles. The molecule has 0 atom stereocenters. The Balaban J connectivity index is 2.14. The summed E-state index contributed by atoms with van der Waals surface area (Å²) < 4.78 is 10.5. The third kappa shape index (κ3) is 4.22. The first-order chi connectivity index (χ1) is 10.7. The van der Waals surface area contributed by atoms with E-state index in [2.05, 4.69) is 23.8 Å². The lowest BCUT2D eigenvalue weighted by atomic mass is 10.1. The fraction of sp³-hybridized carbons (Fsp3) is 0.294. The van der Waals surface area contributed by atoms with Crippen LogP contribution in [0.4, 0.5) is 0 Å². The average Bonchev–Trinajstić information content (AvgIpc) is 3.08. The number of oxime groups is 1. The van der Waals surface area contributed by atoms with E-state index in [1.165, 1.54) is 6.26 Å². The maximum atomic E-state index is 5.66. The third-order valence-corrected chi connectivity index (χ3v) is 3.04. The van der Waals surface area contributed by atoms with Crippen LogP contribution in [0.2, 0.25) is 0 Å². The van der Waals surface area contributed by atoms with Gasteiger partial charge in [0.15, 0.2) is 0 Å². The predicted octanol–water partition coefficient (Wildman–Crippen LogP) is 3.81. The third-order valence-electron chi connectivity index (χ3n) is 3.04. The summed E-state index contributed by atoms with van der Waals surface area (Å²) in [6.45, 7) is 8.87. The molecular weight excluding hydrogens is 280 g/mol. The number of rotatable bonds is 8. The molecule has 2 aromatic rings. The molecule has 0 N–H and O–H groups in total. The Morgan fingerprint density at radius 2 is 2.00 bits per heavy atom. The monoisotopic (exact) mass is 300 g/mol. The lowest BCUT2D eigenvalue weighted by Crippen LogP contribution is -2.05. The highest BCUT2D eigenvalue weighted by molar-refractivity contribution is 6.11. The van der Waals surface area contributed by atoms with Crippen molar-refractivity contribution in [3.63, 3.8) is 0 Å². The summed E-state index contributed by atoms with van der Waals surface area (Å²) in [7, 11) is 0. The molecule has 5 nitrogen and oxygen atoms in total. The highest BCUT2D eigenvalue weighted by Crippen LogP contribution is 2.16. The first kappa shape index (κ1) is 15.8. The van der Waals surface area contributed by atoms with Crippen molar-refractivity contribution in [2.45, 2.75) is 20.3 Å². The van der Waals surface area contributed by atoms with Crippen LogP contribution in [-0.2, 0) is 4.84 Å². The Morgan fingerprint density at radius 1 is 1.23 bits per heavy atom. The van der Waals surface area contributed by atoms with Crippen LogP contribution in [0.5, 0.6) is 5.75 Å². The number of hydrogen-bond acceptors (Lipinski definition) is 5. The van der Waals surface area contributed by atoms with Crippen molar-refractivity contribution in [3.05, 3.63) is 60.0 Å². The summed E-state index contributed by atoms with van der Waals surface area (Å²) in [5, 5.41) is 8.02. The molecule has 0 unspecified atom stereocenters. The molecule has 5 heteroatoms. The summed E-state index contributed by atoms with van der Waals surface area (Å²) in [4.78, 5) is 5.16. The topological polar surface area (TPSA) is 56.9 Å². The zero-order valence-electron chi connectivity index (χ0n) is 12.9. The maximum Gasteiger partial charge on any atom is 0.139 e. The van der Waals surface area contributed by atoms with Crippen LogP contribution in [0.3, 0.4) is 0 Å². The summed E-state index contributed by atoms with van der Waals surface area (Å²) in [6.07, 6.45) is 2.42. The van der Waals surface area contributed by atoms with Crippen LogP contribution >= 0.6 is 0 Å². The number of aromatic nitrogens is 1. The van der Waals surface area contributed by atoms with Crippen LogP contribution in [0, 0.1) is 0 Å². The van der Waals surface area contributed by atoms with E-state index in [1.807, 2.05) is 31.2 Å². The maximum absolute atomic E-state index is 5.66. The molecule has 1 heterocycles. The first-order valence-corrected chi connectivity index (χ1v) is 7.25. The second-order valence-electron chi connectivity index (χ2n) is 4.66. The molecule has 1 aromatic carbocycles. The van der Waals surface area contributed by atoms with Crippen molar-refractivity contribution in [3.8, 4) is 5.75 Å². The number of ether oxygens (including phenoxy) is 1. The van der Waals surface area contributed by atoms with Crippen LogP contribution in [0.25, 0.3) is 0 Å². The molecule has 0 spiro atoms. The van der Waals surface area contributed by atoms with Crippen molar-refractivity contribution < 1.29 is 14.1 Å². The van der Waals surface area contributed by atoms with E-state index in [9.17, 15) is 0 Å². The van der Waals surface area contributed by atoms with Gasteiger partial charge in [-0.1, -0.05) is 23.8 Å². The molecule has 0 aliphatic rings. The minimum Gasteiger partial charge on any atom is -0.489 e. The van der Waals surface area contributed by atoms with E-state index >= 15 is 0 Å². The van der Waals surface area contributed by atoms with Gasteiger partial charge in [0, 0.05) is 11.6 Å². The summed E-state index contributed by atoms with van der Waals surface area (Å²) in [5.74, 6) is 0.786. The van der Waals surface area contributed by atoms with Gasteiger partial charge in [-0.2, -0.15) is 0 Å². The molecule has 0 saturated heterocycles. The van der Waals surface area contributed by atoms with E-state index in [-0.39, 0.29) is 0 Å². The van der Waals surface area contributed by atoms with Gasteiger partial charge in [-0.25, -0.2) is 0 Å². The van der Waals surface area contributed by atoms with Crippen molar-refractivity contribution in [2.24, 2.45) is 5.16 Å². The molecule has 2 rings (SSSR count). The molecule has 0 bridgehead atoms. The van der Waals surface area contributed by atoms with E-state index in [1.54, 1.807) is 6.07 Å². The summed E-state index contributed by atoms with van der Waals surface area (Å²) in [5.41, 5.74) is 3.19. The fourth-order valence-electron chi connectivity index (χ4n) is 1.71. The van der Waals surface area contributed by atoms with Gasteiger partial charge in [0.1, 0.15) is 36.6 Å². The minimum atomic E-state index is 0.488. The van der Waals surface area contributed by atoms with Gasteiger partial charge < -0.3 is 14.1 Å². The van der Waals surface area contributed by atoms with Crippen molar-refractivity contribution in [2.75, 3.05) is 13.2 Å². The van der Waals surface area contributed by atoms with Crippen molar-refractivity contribution in [1.82, 2.24) is 5.16 Å². The first-order valence-electron chi connectivity index (χ1n) is 7.25. The highest BCUT2D eigenvalue weighted by Gasteiger charge is 2.11. The second-order valence-corrected chi connectivity index (χ2v) is 4.66. The van der Waals surface area contributed by atoms with Crippen LogP contribution < -0.4 is 4.74 Å². The fourth-order valence-corrected chi connectivity index (χ4v) is 1.71. The number of nitrogens with zero attached hydrogens (tertiary/aromatic N) is 2. The zero-order chi connectivity index (χ0) is 15.8. The Bertz CT molecular complexity index is 616. The SMILES string of the molecule is C=C(CC)COc1ccc(C(=NOCC)c2ccon2)cc1. The van der Waals surface area contributed by atoms with Gasteiger partial charge in [-0.3, -0.25) is 0 Å². The number of hydrogen-bond donors (Lipinski definition) is 0. The van der Waals surface area contributed by atoms with Crippen molar-refractivity contribution >= 4 is 5.71 Å². The molecule has 0 amide bonds. The van der Waals surface area contributed by atoms with E-state index in [4.69, 9.17) is 14.1 Å². The Morgan fingerprint density at radius 3 is 2.59 bits per heavy atom. The summed E-state index contributed by atoms with van der Waals surface area (Å²) >= 11 is 0. The normalized spacial score (nSPS) is 11.3. The van der Waals surface area contributed by atoms with Crippen molar-refractivity contribution in [1.29, 1.82) is 0 Å². The zero-order valence-corrected chi connectivity index (χ0v) is 12.9. The molecular formula is C17H20N2O3. The molecule has 0 aliphatic carbocycles. The second kappa shape index (κ2) is 8.02. The Labute approximate surface area is 130 Å². The minimum absolute atomic E-state index is 0.488. The standard InChI is InChI=1S/C17H20N2O3/c1-4-13(3)12-20-15-8-6-14(7-9-15)17(19-21-5-2)16-10-11-22-18-16/h6-11H,3-5,12H2,1-2H3. The van der Waals surface area contributed by atoms with Gasteiger partial charge >= 0.3 is 0 Å². The highest BCUT2D eigenvalue weighted by atomic mass is 16.6. The molecule has 0 fully saturated rings. The molecule has 1 aromatic heterocycles. The molecule has 0 aliphatic heterocycles. The van der Waals surface area contributed by atoms with E-state index < -0.39 is 0 Å². The molecule has 116 valence electrons. The van der Waals surface area contributed by atoms with Crippen LogP contribution in [0.1, 0.15) is 31.5 Å². The van der Waals surface area contributed by atoms with Gasteiger partial charge in [-0.05, 0) is 43.2 Å². The molecule has 0 radical (unpaired) electrons. The van der Waals surface area contributed by atoms with Gasteiger partial charge in [0.25, 0.3) is 0 Å². The van der Waals surface area contributed by atoms with E-state index in [0.717, 1.165) is 23.3 Å². The van der Waals surface area contributed by atoms with Crippen LogP contribution in [-0.4, -0.2) is 24.1 Å². The average molecular weight is 300 g/mol. The Kier molecular flexibility index (Phi) is 5.77.